The van der Waals surface area contributed by atoms with E-state index in [-0.39, 0.29) is 19.1 Å². The van der Waals surface area contributed by atoms with E-state index in [0.29, 0.717) is 24.7 Å². The highest BCUT2D eigenvalue weighted by Gasteiger charge is 2.40. The second kappa shape index (κ2) is 5.59. The SMILES string of the molecule is Cc1cc(NC(=O)CN2CC(C)(OCC(=O)O)C2)on1. The van der Waals surface area contributed by atoms with Gasteiger partial charge in [-0.15, -0.1) is 0 Å². The zero-order valence-electron chi connectivity index (χ0n) is 11.4. The lowest BCUT2D eigenvalue weighted by molar-refractivity contribution is -0.165. The Kier molecular flexibility index (Phi) is 4.05. The van der Waals surface area contributed by atoms with Crippen molar-refractivity contribution in [2.75, 3.05) is 31.6 Å². The molecule has 2 heterocycles. The maximum Gasteiger partial charge on any atom is 0.329 e. The first kappa shape index (κ1) is 14.5. The van der Waals surface area contributed by atoms with Crippen molar-refractivity contribution in [2.24, 2.45) is 0 Å². The number of nitrogens with one attached hydrogen (secondary N) is 1. The number of amides is 1. The molecule has 0 aromatic carbocycles. The third-order valence-corrected chi connectivity index (χ3v) is 2.92. The van der Waals surface area contributed by atoms with E-state index in [1.54, 1.807) is 13.0 Å². The van der Waals surface area contributed by atoms with E-state index < -0.39 is 11.6 Å². The molecule has 8 heteroatoms. The molecule has 1 amide bonds. The Morgan fingerprint density at radius 3 is 2.85 bits per heavy atom. The van der Waals surface area contributed by atoms with Gasteiger partial charge in [-0.3, -0.25) is 15.0 Å². The Morgan fingerprint density at radius 1 is 1.60 bits per heavy atom. The van der Waals surface area contributed by atoms with Gasteiger partial charge in [0, 0.05) is 19.2 Å². The van der Waals surface area contributed by atoms with E-state index >= 15 is 0 Å². The zero-order chi connectivity index (χ0) is 14.8. The summed E-state index contributed by atoms with van der Waals surface area (Å²) in [4.78, 5) is 24.0. The normalized spacial score (nSPS) is 17.5. The minimum Gasteiger partial charge on any atom is -0.480 e. The van der Waals surface area contributed by atoms with Crippen LogP contribution in [0.25, 0.3) is 0 Å². The second-order valence-electron chi connectivity index (χ2n) is 5.16. The third kappa shape index (κ3) is 3.78. The molecule has 1 aromatic heterocycles. The Hall–Kier alpha value is -1.93. The van der Waals surface area contributed by atoms with Gasteiger partial charge in [0.2, 0.25) is 11.8 Å². The van der Waals surface area contributed by atoms with Crippen LogP contribution in [-0.2, 0) is 14.3 Å². The zero-order valence-corrected chi connectivity index (χ0v) is 11.4. The molecule has 20 heavy (non-hydrogen) atoms. The van der Waals surface area contributed by atoms with Gasteiger partial charge in [-0.1, -0.05) is 5.16 Å². The number of carboxylic acid groups (broad SMARTS) is 1. The summed E-state index contributed by atoms with van der Waals surface area (Å²) in [6, 6.07) is 1.63. The molecule has 2 N–H and O–H groups in total. The van der Waals surface area contributed by atoms with E-state index in [2.05, 4.69) is 10.5 Å². The van der Waals surface area contributed by atoms with Crippen molar-refractivity contribution in [2.45, 2.75) is 19.4 Å². The summed E-state index contributed by atoms with van der Waals surface area (Å²) in [7, 11) is 0. The maximum absolute atomic E-state index is 11.7. The van der Waals surface area contributed by atoms with E-state index in [9.17, 15) is 9.59 Å². The van der Waals surface area contributed by atoms with Crippen LogP contribution in [0.4, 0.5) is 5.88 Å². The number of ether oxygens (including phenoxy) is 1. The molecule has 0 atom stereocenters. The number of hydrogen-bond donors (Lipinski definition) is 2. The molecule has 0 bridgehead atoms. The number of aliphatic carboxylic acids is 1. The first-order chi connectivity index (χ1) is 9.36. The number of rotatable bonds is 6. The van der Waals surface area contributed by atoms with Crippen LogP contribution in [0.2, 0.25) is 0 Å². The number of nitrogens with zero attached hydrogens (tertiary/aromatic N) is 2. The van der Waals surface area contributed by atoms with Crippen LogP contribution in [0.1, 0.15) is 12.6 Å². The predicted molar refractivity (Wildman–Crippen MR) is 68.3 cm³/mol. The van der Waals surface area contributed by atoms with Gasteiger partial charge in [0.1, 0.15) is 6.61 Å². The molecular formula is C12H17N3O5. The topological polar surface area (TPSA) is 105 Å². The molecule has 0 radical (unpaired) electrons. The monoisotopic (exact) mass is 283 g/mol. The van der Waals surface area contributed by atoms with Crippen molar-refractivity contribution in [3.8, 4) is 0 Å². The lowest BCUT2D eigenvalue weighted by Crippen LogP contribution is -2.63. The van der Waals surface area contributed by atoms with Crippen LogP contribution >= 0.6 is 0 Å². The van der Waals surface area contributed by atoms with Crippen LogP contribution in [0.5, 0.6) is 0 Å². The molecule has 2 rings (SSSR count). The van der Waals surface area contributed by atoms with Gasteiger partial charge in [-0.05, 0) is 13.8 Å². The number of likely N-dealkylation sites (tertiary alicyclic amines) is 1. The molecule has 1 aromatic rings. The molecule has 8 nitrogen and oxygen atoms in total. The quantitative estimate of drug-likeness (QED) is 0.762. The average Bonchev–Trinajstić information content (AvgIpc) is 2.70. The fraction of sp³-hybridized carbons (Fsp3) is 0.583. The van der Waals surface area contributed by atoms with E-state index in [4.69, 9.17) is 14.4 Å². The summed E-state index contributed by atoms with van der Waals surface area (Å²) in [6.07, 6.45) is 0. The fourth-order valence-corrected chi connectivity index (χ4v) is 2.14. The van der Waals surface area contributed by atoms with Crippen molar-refractivity contribution in [1.82, 2.24) is 10.1 Å². The number of aromatic nitrogens is 1. The first-order valence-electron chi connectivity index (χ1n) is 6.18. The number of hydrogen-bond acceptors (Lipinski definition) is 6. The molecule has 1 aliphatic rings. The Bertz CT molecular complexity index is 507. The summed E-state index contributed by atoms with van der Waals surface area (Å²) in [6.45, 7) is 4.50. The van der Waals surface area contributed by atoms with Crippen LogP contribution in [0, 0.1) is 6.92 Å². The number of carbonyl (C=O) groups is 2. The molecular weight excluding hydrogens is 266 g/mol. The smallest absolute Gasteiger partial charge is 0.329 e. The number of carbonyl (C=O) groups excluding carboxylic acids is 1. The van der Waals surface area contributed by atoms with Gasteiger partial charge in [-0.2, -0.15) is 0 Å². The van der Waals surface area contributed by atoms with Crippen LogP contribution in [0.15, 0.2) is 10.6 Å². The third-order valence-electron chi connectivity index (χ3n) is 2.92. The molecule has 1 saturated heterocycles. The van der Waals surface area contributed by atoms with Crippen molar-refractivity contribution >= 4 is 17.8 Å². The largest absolute Gasteiger partial charge is 0.480 e. The minimum absolute atomic E-state index is 0.200. The summed E-state index contributed by atoms with van der Waals surface area (Å²) in [5, 5.41) is 14.8. The Balaban J connectivity index is 1.71. The number of carboxylic acids is 1. The van der Waals surface area contributed by atoms with E-state index in [1.807, 2.05) is 11.8 Å². The highest BCUT2D eigenvalue weighted by Crippen LogP contribution is 2.24. The molecule has 1 aliphatic heterocycles. The van der Waals surface area contributed by atoms with Crippen LogP contribution < -0.4 is 5.32 Å². The molecule has 110 valence electrons. The van der Waals surface area contributed by atoms with Gasteiger partial charge in [0.25, 0.3) is 0 Å². The molecule has 0 aliphatic carbocycles. The predicted octanol–water partition coefficient (Wildman–Crippen LogP) is 0.0970. The summed E-state index contributed by atoms with van der Waals surface area (Å²) < 4.78 is 10.1. The molecule has 1 fully saturated rings. The highest BCUT2D eigenvalue weighted by atomic mass is 16.5. The van der Waals surface area contributed by atoms with Gasteiger partial charge >= 0.3 is 5.97 Å². The van der Waals surface area contributed by atoms with Crippen molar-refractivity contribution in [1.29, 1.82) is 0 Å². The summed E-state index contributed by atoms with van der Waals surface area (Å²) >= 11 is 0. The standard InChI is InChI=1S/C12H17N3O5/c1-8-3-10(20-14-8)13-9(16)4-15-6-12(2,7-15)19-5-11(17)18/h3H,4-7H2,1-2H3,(H,13,16)(H,17,18). The first-order valence-corrected chi connectivity index (χ1v) is 6.18. The molecule has 0 unspecified atom stereocenters. The summed E-state index contributed by atoms with van der Waals surface area (Å²) in [5.74, 6) is -0.887. The fourth-order valence-electron chi connectivity index (χ4n) is 2.14. The van der Waals surface area contributed by atoms with Crippen molar-refractivity contribution in [3.05, 3.63) is 11.8 Å². The average molecular weight is 283 g/mol. The Labute approximate surface area is 115 Å². The van der Waals surface area contributed by atoms with Gasteiger partial charge in [0.05, 0.1) is 17.8 Å². The minimum atomic E-state index is -0.997. The summed E-state index contributed by atoms with van der Waals surface area (Å²) in [5.41, 5.74) is 0.195. The van der Waals surface area contributed by atoms with Crippen LogP contribution in [0.3, 0.4) is 0 Å². The lowest BCUT2D eigenvalue weighted by atomic mass is 9.96. The van der Waals surface area contributed by atoms with Crippen LogP contribution in [-0.4, -0.2) is 58.9 Å². The van der Waals surface area contributed by atoms with E-state index in [1.165, 1.54) is 0 Å². The van der Waals surface area contributed by atoms with Gasteiger partial charge < -0.3 is 14.4 Å². The van der Waals surface area contributed by atoms with Crippen molar-refractivity contribution in [3.63, 3.8) is 0 Å². The second-order valence-corrected chi connectivity index (χ2v) is 5.16. The highest BCUT2D eigenvalue weighted by molar-refractivity contribution is 5.91. The lowest BCUT2D eigenvalue weighted by Gasteiger charge is -2.46. The molecule has 0 saturated carbocycles. The van der Waals surface area contributed by atoms with Gasteiger partial charge in [-0.25, -0.2) is 4.79 Å². The number of aryl methyl sites for hydroxylation is 1. The maximum atomic E-state index is 11.7. The van der Waals surface area contributed by atoms with Crippen molar-refractivity contribution < 1.29 is 24.0 Å². The van der Waals surface area contributed by atoms with E-state index in [0.717, 1.165) is 0 Å². The Morgan fingerprint density at radius 2 is 2.30 bits per heavy atom. The molecule has 0 spiro atoms. The number of anilines is 1. The van der Waals surface area contributed by atoms with Gasteiger partial charge in [0.15, 0.2) is 0 Å².